The molecular weight excluding hydrogens is 222 g/mol. The first kappa shape index (κ1) is 9.92. The molecule has 1 N–H and O–H groups in total. The number of aromatic nitrogens is 1. The normalized spacial score (nSPS) is 10.6. The minimum atomic E-state index is -0.585. The van der Waals surface area contributed by atoms with Crippen LogP contribution in [-0.4, -0.2) is 19.2 Å². The number of H-pyrrole nitrogens is 1. The lowest BCUT2D eigenvalue weighted by Crippen LogP contribution is -1.93. The van der Waals surface area contributed by atoms with E-state index in [1.807, 2.05) is 0 Å². The van der Waals surface area contributed by atoms with Crippen molar-refractivity contribution in [3.8, 4) is 11.5 Å². The summed E-state index contributed by atoms with van der Waals surface area (Å²) in [4.78, 5) is 13.5. The molecule has 0 spiro atoms. The molecule has 2 aromatic rings. The zero-order valence-corrected chi connectivity index (χ0v) is 8.84. The van der Waals surface area contributed by atoms with Crippen molar-refractivity contribution in [1.29, 1.82) is 0 Å². The molecule has 0 atom stereocenters. The Bertz CT molecular complexity index is 557. The molecule has 2 rings (SSSR count). The molecule has 15 heavy (non-hydrogen) atoms. The van der Waals surface area contributed by atoms with Gasteiger partial charge >= 0.3 is 5.76 Å². The summed E-state index contributed by atoms with van der Waals surface area (Å²) in [5.74, 6) is 0.173. The van der Waals surface area contributed by atoms with E-state index >= 15 is 0 Å². The molecule has 0 fully saturated rings. The van der Waals surface area contributed by atoms with Crippen LogP contribution in [0.5, 0.6) is 11.5 Å². The number of oxazole rings is 1. The number of ether oxygens (including phenoxy) is 2. The molecule has 0 saturated heterocycles. The number of aromatic amines is 1. The van der Waals surface area contributed by atoms with Crippen LogP contribution in [-0.2, 0) is 0 Å². The number of benzene rings is 1. The Morgan fingerprint density at radius 3 is 2.73 bits per heavy atom. The van der Waals surface area contributed by atoms with Crippen LogP contribution in [0.2, 0.25) is 5.02 Å². The van der Waals surface area contributed by atoms with Gasteiger partial charge in [0, 0.05) is 6.07 Å². The molecule has 0 saturated carbocycles. The summed E-state index contributed by atoms with van der Waals surface area (Å²) in [6.07, 6.45) is 0. The van der Waals surface area contributed by atoms with Crippen LogP contribution < -0.4 is 15.2 Å². The first-order chi connectivity index (χ1) is 7.17. The summed E-state index contributed by atoms with van der Waals surface area (Å²) in [6.45, 7) is 0. The van der Waals surface area contributed by atoms with Gasteiger partial charge in [-0.05, 0) is 0 Å². The minimum Gasteiger partial charge on any atom is -0.493 e. The highest BCUT2D eigenvalue weighted by molar-refractivity contribution is 6.35. The van der Waals surface area contributed by atoms with Gasteiger partial charge in [-0.2, -0.15) is 0 Å². The van der Waals surface area contributed by atoms with Crippen LogP contribution in [0.1, 0.15) is 0 Å². The molecular formula is C9H8ClNO4. The smallest absolute Gasteiger partial charge is 0.417 e. The Labute approximate surface area is 89.5 Å². The van der Waals surface area contributed by atoms with Crippen molar-refractivity contribution < 1.29 is 13.9 Å². The van der Waals surface area contributed by atoms with Crippen LogP contribution in [0, 0.1) is 0 Å². The van der Waals surface area contributed by atoms with Gasteiger partial charge in [-0.25, -0.2) is 4.79 Å². The number of rotatable bonds is 2. The molecule has 0 radical (unpaired) electrons. The Hall–Kier alpha value is -1.62. The molecule has 5 nitrogen and oxygen atoms in total. The Morgan fingerprint density at radius 1 is 1.40 bits per heavy atom. The SMILES string of the molecule is COc1cc(Cl)c2[nH]c(=O)oc2c1OC. The highest BCUT2D eigenvalue weighted by Gasteiger charge is 2.17. The van der Waals surface area contributed by atoms with E-state index < -0.39 is 5.76 Å². The molecule has 1 aromatic heterocycles. The number of halogens is 1. The minimum absolute atomic E-state index is 0.256. The van der Waals surface area contributed by atoms with E-state index in [4.69, 9.17) is 25.5 Å². The van der Waals surface area contributed by atoms with Crippen LogP contribution >= 0.6 is 11.6 Å². The number of methoxy groups -OCH3 is 2. The first-order valence-corrected chi connectivity index (χ1v) is 4.48. The second-order valence-electron chi connectivity index (χ2n) is 2.81. The molecule has 1 heterocycles. The van der Waals surface area contributed by atoms with Crippen molar-refractivity contribution in [3.63, 3.8) is 0 Å². The topological polar surface area (TPSA) is 64.5 Å². The Kier molecular flexibility index (Phi) is 2.32. The average Bonchev–Trinajstić information content (AvgIpc) is 2.60. The maximum Gasteiger partial charge on any atom is 0.417 e. The predicted molar refractivity (Wildman–Crippen MR) is 54.9 cm³/mol. The van der Waals surface area contributed by atoms with E-state index in [2.05, 4.69) is 4.98 Å². The third kappa shape index (κ3) is 1.45. The number of hydrogen-bond donors (Lipinski definition) is 1. The lowest BCUT2D eigenvalue weighted by molar-refractivity contribution is 0.352. The predicted octanol–water partition coefficient (Wildman–Crippen LogP) is 1.79. The molecule has 80 valence electrons. The lowest BCUT2D eigenvalue weighted by atomic mass is 10.3. The summed E-state index contributed by atoms with van der Waals surface area (Å²) >= 11 is 5.92. The van der Waals surface area contributed by atoms with Crippen LogP contribution in [0.3, 0.4) is 0 Å². The van der Waals surface area contributed by atoms with Crippen molar-refractivity contribution in [2.24, 2.45) is 0 Å². The van der Waals surface area contributed by atoms with Gasteiger partial charge in [0.2, 0.25) is 11.3 Å². The van der Waals surface area contributed by atoms with Crippen molar-refractivity contribution in [2.45, 2.75) is 0 Å². The van der Waals surface area contributed by atoms with Crippen LogP contribution in [0.4, 0.5) is 0 Å². The lowest BCUT2D eigenvalue weighted by Gasteiger charge is -2.07. The molecule has 0 bridgehead atoms. The number of hydrogen-bond acceptors (Lipinski definition) is 4. The van der Waals surface area contributed by atoms with Crippen molar-refractivity contribution >= 4 is 22.7 Å². The van der Waals surface area contributed by atoms with Gasteiger partial charge in [-0.1, -0.05) is 11.6 Å². The first-order valence-electron chi connectivity index (χ1n) is 4.10. The van der Waals surface area contributed by atoms with E-state index in [1.165, 1.54) is 14.2 Å². The summed E-state index contributed by atoms with van der Waals surface area (Å²) in [5, 5.41) is 0.341. The fraction of sp³-hybridized carbons (Fsp3) is 0.222. The molecule has 1 aromatic carbocycles. The maximum atomic E-state index is 11.0. The van der Waals surface area contributed by atoms with E-state index in [0.717, 1.165) is 0 Å². The zero-order chi connectivity index (χ0) is 11.0. The average molecular weight is 230 g/mol. The number of fused-ring (bicyclic) bond motifs is 1. The Balaban J connectivity index is 2.90. The van der Waals surface area contributed by atoms with Gasteiger partial charge in [-0.3, -0.25) is 4.98 Å². The zero-order valence-electron chi connectivity index (χ0n) is 8.09. The molecule has 0 unspecified atom stereocenters. The fourth-order valence-corrected chi connectivity index (χ4v) is 1.60. The second-order valence-corrected chi connectivity index (χ2v) is 3.22. The quantitative estimate of drug-likeness (QED) is 0.853. The third-order valence-electron chi connectivity index (χ3n) is 2.00. The monoisotopic (exact) mass is 229 g/mol. The summed E-state index contributed by atoms with van der Waals surface area (Å²) in [5.41, 5.74) is 0.658. The summed E-state index contributed by atoms with van der Waals surface area (Å²) in [7, 11) is 2.93. The number of nitrogens with one attached hydrogen (secondary N) is 1. The molecule has 0 amide bonds. The van der Waals surface area contributed by atoms with Gasteiger partial charge in [0.1, 0.15) is 5.52 Å². The van der Waals surface area contributed by atoms with Crippen molar-refractivity contribution in [2.75, 3.05) is 14.2 Å². The van der Waals surface area contributed by atoms with E-state index in [1.54, 1.807) is 6.07 Å². The third-order valence-corrected chi connectivity index (χ3v) is 2.30. The molecule has 0 aliphatic heterocycles. The van der Waals surface area contributed by atoms with E-state index in [9.17, 15) is 4.79 Å². The maximum absolute atomic E-state index is 11.0. The van der Waals surface area contributed by atoms with Crippen LogP contribution in [0.15, 0.2) is 15.3 Å². The molecule has 0 aliphatic rings. The Morgan fingerprint density at radius 2 is 2.13 bits per heavy atom. The fourth-order valence-electron chi connectivity index (χ4n) is 1.37. The van der Waals surface area contributed by atoms with Crippen molar-refractivity contribution in [3.05, 3.63) is 21.6 Å². The van der Waals surface area contributed by atoms with E-state index in [0.29, 0.717) is 22.0 Å². The summed E-state index contributed by atoms with van der Waals surface area (Å²) in [6, 6.07) is 1.55. The molecule has 0 aliphatic carbocycles. The summed E-state index contributed by atoms with van der Waals surface area (Å²) < 4.78 is 15.0. The second kappa shape index (κ2) is 3.51. The van der Waals surface area contributed by atoms with Gasteiger partial charge < -0.3 is 13.9 Å². The highest BCUT2D eigenvalue weighted by atomic mass is 35.5. The van der Waals surface area contributed by atoms with Crippen LogP contribution in [0.25, 0.3) is 11.1 Å². The van der Waals surface area contributed by atoms with Gasteiger partial charge in [0.15, 0.2) is 5.75 Å². The largest absolute Gasteiger partial charge is 0.493 e. The standard InChI is InChI=1S/C9H8ClNO4/c1-13-5-3-4(10)6-8(7(5)14-2)15-9(12)11-6/h3H,1-2H3,(H,11,12). The molecule has 6 heteroatoms. The van der Waals surface area contributed by atoms with Gasteiger partial charge in [-0.15, -0.1) is 0 Å². The van der Waals surface area contributed by atoms with Crippen molar-refractivity contribution in [1.82, 2.24) is 4.98 Å². The van der Waals surface area contributed by atoms with Gasteiger partial charge in [0.25, 0.3) is 0 Å². The van der Waals surface area contributed by atoms with E-state index in [-0.39, 0.29) is 5.58 Å². The highest BCUT2D eigenvalue weighted by Crippen LogP contribution is 2.38. The van der Waals surface area contributed by atoms with Gasteiger partial charge in [0.05, 0.1) is 19.2 Å².